The van der Waals surface area contributed by atoms with Crippen molar-refractivity contribution in [1.82, 2.24) is 0 Å². The van der Waals surface area contributed by atoms with Crippen molar-refractivity contribution in [2.24, 2.45) is 0 Å². The second kappa shape index (κ2) is 3.66. The van der Waals surface area contributed by atoms with Crippen LogP contribution < -0.4 is 5.19 Å². The summed E-state index contributed by atoms with van der Waals surface area (Å²) in [4.78, 5) is 12.4. The van der Waals surface area contributed by atoms with E-state index in [1.807, 2.05) is 24.3 Å². The highest BCUT2D eigenvalue weighted by molar-refractivity contribution is 6.88. The molecular formula is C16H16OSi. The highest BCUT2D eigenvalue weighted by Crippen LogP contribution is 2.35. The van der Waals surface area contributed by atoms with Gasteiger partial charge >= 0.3 is 0 Å². The monoisotopic (exact) mass is 252 g/mol. The fourth-order valence-corrected chi connectivity index (χ4v) is 3.66. The van der Waals surface area contributed by atoms with Crippen LogP contribution in [0.1, 0.15) is 15.9 Å². The molecule has 0 fully saturated rings. The van der Waals surface area contributed by atoms with Crippen LogP contribution in [0.5, 0.6) is 0 Å². The summed E-state index contributed by atoms with van der Waals surface area (Å²) in [7, 11) is -1.36. The molecule has 90 valence electrons. The summed E-state index contributed by atoms with van der Waals surface area (Å²) in [5.74, 6) is 0.181. The Morgan fingerprint density at radius 1 is 0.778 bits per heavy atom. The molecule has 2 heteroatoms. The zero-order valence-corrected chi connectivity index (χ0v) is 11.9. The van der Waals surface area contributed by atoms with Gasteiger partial charge in [0.2, 0.25) is 0 Å². The normalized spacial score (nSPS) is 13.4. The zero-order chi connectivity index (χ0) is 12.9. The standard InChI is InChI=1S/C16H16OSi/c1-18(2,3)11-8-9-13-12-6-4-5-7-14(12)16(17)15(13)10-11/h4-10H,1-3H3. The van der Waals surface area contributed by atoms with Crippen LogP contribution in [0.3, 0.4) is 0 Å². The van der Waals surface area contributed by atoms with Crippen LogP contribution in [0.2, 0.25) is 19.6 Å². The summed E-state index contributed by atoms with van der Waals surface area (Å²) in [6.07, 6.45) is 0. The minimum absolute atomic E-state index is 0.181. The van der Waals surface area contributed by atoms with Crippen LogP contribution in [0.4, 0.5) is 0 Å². The predicted molar refractivity (Wildman–Crippen MR) is 78.3 cm³/mol. The van der Waals surface area contributed by atoms with Crippen LogP contribution in [-0.4, -0.2) is 13.9 Å². The second-order valence-corrected chi connectivity index (χ2v) is 11.0. The Morgan fingerprint density at radius 3 is 2.06 bits per heavy atom. The highest BCUT2D eigenvalue weighted by Gasteiger charge is 2.28. The Bertz CT molecular complexity index is 650. The van der Waals surface area contributed by atoms with Gasteiger partial charge in [0.25, 0.3) is 0 Å². The molecule has 0 unspecified atom stereocenters. The fraction of sp³-hybridized carbons (Fsp3) is 0.188. The number of carbonyl (C=O) groups is 1. The van der Waals surface area contributed by atoms with E-state index >= 15 is 0 Å². The third-order valence-electron chi connectivity index (χ3n) is 3.59. The molecule has 0 amide bonds. The quantitative estimate of drug-likeness (QED) is 0.606. The zero-order valence-electron chi connectivity index (χ0n) is 10.9. The van der Waals surface area contributed by atoms with E-state index < -0.39 is 8.07 Å². The average molecular weight is 252 g/mol. The van der Waals surface area contributed by atoms with E-state index in [1.54, 1.807) is 0 Å². The Morgan fingerprint density at radius 2 is 1.39 bits per heavy atom. The lowest BCUT2D eigenvalue weighted by Gasteiger charge is -2.17. The van der Waals surface area contributed by atoms with Gasteiger partial charge in [0, 0.05) is 11.1 Å². The average Bonchev–Trinajstić information content (AvgIpc) is 2.63. The van der Waals surface area contributed by atoms with Gasteiger partial charge in [-0.05, 0) is 11.1 Å². The first-order valence-electron chi connectivity index (χ1n) is 6.27. The minimum Gasteiger partial charge on any atom is -0.289 e. The molecule has 3 rings (SSSR count). The lowest BCUT2D eigenvalue weighted by Crippen LogP contribution is -2.37. The molecule has 0 radical (unpaired) electrons. The summed E-state index contributed by atoms with van der Waals surface area (Å²) in [5.41, 5.74) is 3.91. The third-order valence-corrected chi connectivity index (χ3v) is 5.64. The van der Waals surface area contributed by atoms with Gasteiger partial charge in [0.05, 0.1) is 8.07 Å². The number of ketones is 1. The first-order valence-corrected chi connectivity index (χ1v) is 9.77. The Labute approximate surface area is 108 Å². The van der Waals surface area contributed by atoms with Crippen molar-refractivity contribution in [3.05, 3.63) is 53.6 Å². The Hall–Kier alpha value is -1.67. The summed E-state index contributed by atoms with van der Waals surface area (Å²) < 4.78 is 0. The molecule has 0 N–H and O–H groups in total. The molecule has 18 heavy (non-hydrogen) atoms. The maximum absolute atomic E-state index is 12.4. The number of hydrogen-bond acceptors (Lipinski definition) is 1. The maximum atomic E-state index is 12.4. The lowest BCUT2D eigenvalue weighted by atomic mass is 10.1. The SMILES string of the molecule is C[Si](C)(C)c1ccc2c(c1)C(=O)c1ccccc1-2. The number of fused-ring (bicyclic) bond motifs is 3. The fourth-order valence-electron chi connectivity index (χ4n) is 2.49. The number of carbonyl (C=O) groups excluding carboxylic acids is 1. The number of rotatable bonds is 1. The molecular weight excluding hydrogens is 236 g/mol. The lowest BCUT2D eigenvalue weighted by molar-refractivity contribution is 0.104. The van der Waals surface area contributed by atoms with E-state index in [4.69, 9.17) is 0 Å². The molecule has 2 aromatic carbocycles. The molecule has 2 aromatic rings. The van der Waals surface area contributed by atoms with Crippen LogP contribution in [0.25, 0.3) is 11.1 Å². The van der Waals surface area contributed by atoms with Crippen LogP contribution in [-0.2, 0) is 0 Å². The molecule has 1 aliphatic rings. The van der Waals surface area contributed by atoms with Gasteiger partial charge in [-0.3, -0.25) is 4.79 Å². The molecule has 1 aliphatic carbocycles. The highest BCUT2D eigenvalue weighted by atomic mass is 28.3. The van der Waals surface area contributed by atoms with Crippen molar-refractivity contribution in [1.29, 1.82) is 0 Å². The van der Waals surface area contributed by atoms with E-state index in [9.17, 15) is 4.79 Å². The van der Waals surface area contributed by atoms with Crippen LogP contribution in [0.15, 0.2) is 42.5 Å². The van der Waals surface area contributed by atoms with Gasteiger partial charge in [0.1, 0.15) is 0 Å². The molecule has 0 heterocycles. The van der Waals surface area contributed by atoms with Crippen molar-refractivity contribution in [2.45, 2.75) is 19.6 Å². The molecule has 0 bridgehead atoms. The third kappa shape index (κ3) is 1.56. The van der Waals surface area contributed by atoms with Crippen LogP contribution >= 0.6 is 0 Å². The van der Waals surface area contributed by atoms with E-state index in [2.05, 4.69) is 37.8 Å². The summed E-state index contributed by atoms with van der Waals surface area (Å²) in [6.45, 7) is 6.92. The molecule has 0 saturated carbocycles. The van der Waals surface area contributed by atoms with E-state index in [1.165, 1.54) is 5.19 Å². The van der Waals surface area contributed by atoms with Gasteiger partial charge in [0.15, 0.2) is 5.78 Å². The minimum atomic E-state index is -1.36. The summed E-state index contributed by atoms with van der Waals surface area (Å²) in [6, 6.07) is 14.3. The van der Waals surface area contributed by atoms with Gasteiger partial charge in [-0.2, -0.15) is 0 Å². The van der Waals surface area contributed by atoms with Crippen LogP contribution in [0, 0.1) is 0 Å². The van der Waals surface area contributed by atoms with Crippen molar-refractivity contribution in [3.63, 3.8) is 0 Å². The van der Waals surface area contributed by atoms with Crippen molar-refractivity contribution < 1.29 is 4.79 Å². The Balaban J connectivity index is 2.23. The van der Waals surface area contributed by atoms with Gasteiger partial charge < -0.3 is 0 Å². The van der Waals surface area contributed by atoms with Crippen molar-refractivity contribution in [2.75, 3.05) is 0 Å². The van der Waals surface area contributed by atoms with Gasteiger partial charge in [-0.15, -0.1) is 0 Å². The first kappa shape index (κ1) is 11.4. The summed E-state index contributed by atoms with van der Waals surface area (Å²) in [5, 5.41) is 1.35. The second-order valence-electron chi connectivity index (χ2n) is 5.89. The smallest absolute Gasteiger partial charge is 0.194 e. The van der Waals surface area contributed by atoms with E-state index in [-0.39, 0.29) is 5.78 Å². The molecule has 1 nitrogen and oxygen atoms in total. The molecule has 0 aromatic heterocycles. The van der Waals surface area contributed by atoms with Gasteiger partial charge in [-0.25, -0.2) is 0 Å². The molecule has 0 atom stereocenters. The topological polar surface area (TPSA) is 17.1 Å². The largest absolute Gasteiger partial charge is 0.289 e. The number of benzene rings is 2. The van der Waals surface area contributed by atoms with Gasteiger partial charge in [-0.1, -0.05) is 67.3 Å². The molecule has 0 spiro atoms. The Kier molecular flexibility index (Phi) is 2.32. The maximum Gasteiger partial charge on any atom is 0.194 e. The molecule has 0 aliphatic heterocycles. The first-order chi connectivity index (χ1) is 8.48. The number of hydrogen-bond donors (Lipinski definition) is 0. The van der Waals surface area contributed by atoms with Crippen molar-refractivity contribution in [3.8, 4) is 11.1 Å². The molecule has 0 saturated heterocycles. The van der Waals surface area contributed by atoms with E-state index in [0.717, 1.165) is 22.3 Å². The summed E-state index contributed by atoms with van der Waals surface area (Å²) >= 11 is 0. The van der Waals surface area contributed by atoms with Crippen molar-refractivity contribution >= 4 is 19.0 Å². The predicted octanol–water partition coefficient (Wildman–Crippen LogP) is 3.44. The van der Waals surface area contributed by atoms with E-state index in [0.29, 0.717) is 0 Å².